The van der Waals surface area contributed by atoms with Crippen molar-refractivity contribution in [1.82, 2.24) is 0 Å². The number of carboxylic acids is 1. The summed E-state index contributed by atoms with van der Waals surface area (Å²) in [5.74, 6) is -1.65. The molecular weight excluding hydrogens is 525 g/mol. The third-order valence-corrected chi connectivity index (χ3v) is 4.76. The summed E-state index contributed by atoms with van der Waals surface area (Å²) in [5.41, 5.74) is 0.131. The fraction of sp³-hybridized carbons (Fsp3) is 0.222. The number of benzene rings is 2. The summed E-state index contributed by atoms with van der Waals surface area (Å²) in [6.45, 7) is -0.138. The summed E-state index contributed by atoms with van der Waals surface area (Å²) in [7, 11) is 1.52. The highest BCUT2D eigenvalue weighted by atomic mass is 79.9. The summed E-state index contributed by atoms with van der Waals surface area (Å²) in [5, 5.41) is 13.7. The molecule has 0 unspecified atom stereocenters. The van der Waals surface area contributed by atoms with E-state index in [1.54, 1.807) is 0 Å². The Kier molecular flexibility index (Phi) is 7.53. The van der Waals surface area contributed by atoms with Crippen LogP contribution in [0.4, 0.5) is 24.5 Å². The summed E-state index contributed by atoms with van der Waals surface area (Å²) in [4.78, 5) is 22.1. The van der Waals surface area contributed by atoms with Crippen LogP contribution in [0.15, 0.2) is 39.3 Å². The first-order valence-electron chi connectivity index (χ1n) is 8.02. The van der Waals surface area contributed by atoms with Gasteiger partial charge in [0.25, 0.3) is 0 Å². The number of carbonyl (C=O) groups excluding carboxylic acids is 1. The van der Waals surface area contributed by atoms with Crippen molar-refractivity contribution in [1.29, 1.82) is 0 Å². The molecule has 2 rings (SSSR count). The Balaban J connectivity index is 2.19. The maximum atomic E-state index is 13.0. The molecule has 0 heterocycles. The summed E-state index contributed by atoms with van der Waals surface area (Å²) >= 11 is 6.54. The standard InChI is InChI=1S/C18H15Br2F3N2O4/c1-24-11-3-9(2-10(4-11)18(21,22)23)8-29-17-13(19)5-12(6-14(17)20)25-15(26)7-16(27)28/h2-6,24H,7-8H2,1H3,(H,25,26)(H,27,28). The van der Waals surface area contributed by atoms with Crippen LogP contribution in [0.3, 0.4) is 0 Å². The van der Waals surface area contributed by atoms with E-state index in [1.807, 2.05) is 0 Å². The van der Waals surface area contributed by atoms with Crippen LogP contribution < -0.4 is 15.4 Å². The third-order valence-electron chi connectivity index (χ3n) is 3.59. The Hall–Kier alpha value is -2.27. The van der Waals surface area contributed by atoms with Crippen molar-refractivity contribution < 1.29 is 32.6 Å². The first-order valence-corrected chi connectivity index (χ1v) is 9.60. The van der Waals surface area contributed by atoms with Crippen LogP contribution in [0, 0.1) is 0 Å². The van der Waals surface area contributed by atoms with Gasteiger partial charge in [-0.2, -0.15) is 13.2 Å². The molecule has 2 aromatic carbocycles. The van der Waals surface area contributed by atoms with Gasteiger partial charge < -0.3 is 20.5 Å². The van der Waals surface area contributed by atoms with E-state index in [-0.39, 0.29) is 6.61 Å². The number of rotatable bonds is 7. The Labute approximate surface area is 180 Å². The van der Waals surface area contributed by atoms with Crippen molar-refractivity contribution in [2.24, 2.45) is 0 Å². The van der Waals surface area contributed by atoms with Crippen LogP contribution in [0.1, 0.15) is 17.5 Å². The number of aliphatic carboxylic acids is 1. The molecule has 29 heavy (non-hydrogen) atoms. The Morgan fingerprint density at radius 2 is 1.69 bits per heavy atom. The first kappa shape index (κ1) is 23.0. The van der Waals surface area contributed by atoms with Crippen LogP contribution in [0.25, 0.3) is 0 Å². The van der Waals surface area contributed by atoms with E-state index in [4.69, 9.17) is 9.84 Å². The van der Waals surface area contributed by atoms with E-state index in [0.29, 0.717) is 31.6 Å². The zero-order chi connectivity index (χ0) is 21.8. The molecule has 0 saturated carbocycles. The maximum Gasteiger partial charge on any atom is 0.416 e. The van der Waals surface area contributed by atoms with Crippen molar-refractivity contribution >= 4 is 55.1 Å². The molecule has 0 aliphatic carbocycles. The molecule has 0 spiro atoms. The normalized spacial score (nSPS) is 11.1. The first-order chi connectivity index (χ1) is 13.5. The predicted molar refractivity (Wildman–Crippen MR) is 108 cm³/mol. The van der Waals surface area contributed by atoms with E-state index in [2.05, 4.69) is 42.5 Å². The molecule has 6 nitrogen and oxygen atoms in total. The van der Waals surface area contributed by atoms with Crippen LogP contribution in [0.5, 0.6) is 5.75 Å². The summed E-state index contributed by atoms with van der Waals surface area (Å²) in [6.07, 6.45) is -5.17. The molecule has 0 aromatic heterocycles. The second kappa shape index (κ2) is 9.49. The van der Waals surface area contributed by atoms with Crippen molar-refractivity contribution in [3.05, 3.63) is 50.4 Å². The zero-order valence-corrected chi connectivity index (χ0v) is 18.0. The average Bonchev–Trinajstić information content (AvgIpc) is 2.59. The van der Waals surface area contributed by atoms with E-state index >= 15 is 0 Å². The highest BCUT2D eigenvalue weighted by Gasteiger charge is 2.31. The number of anilines is 2. The Morgan fingerprint density at radius 1 is 1.07 bits per heavy atom. The number of alkyl halides is 3. The molecule has 0 atom stereocenters. The van der Waals surface area contributed by atoms with E-state index in [9.17, 15) is 22.8 Å². The van der Waals surface area contributed by atoms with Gasteiger partial charge in [0.05, 0.1) is 14.5 Å². The fourth-order valence-electron chi connectivity index (χ4n) is 2.35. The third kappa shape index (κ3) is 6.64. The van der Waals surface area contributed by atoms with E-state index in [0.717, 1.165) is 12.1 Å². The number of amides is 1. The van der Waals surface area contributed by atoms with Gasteiger partial charge in [0, 0.05) is 18.4 Å². The second-order valence-electron chi connectivity index (χ2n) is 5.84. The molecule has 0 radical (unpaired) electrons. The number of nitrogens with one attached hydrogen (secondary N) is 2. The number of hydrogen-bond acceptors (Lipinski definition) is 4. The van der Waals surface area contributed by atoms with Crippen LogP contribution in [-0.2, 0) is 22.4 Å². The molecular formula is C18H15Br2F3N2O4. The Bertz CT molecular complexity index is 913. The molecule has 1 amide bonds. The molecule has 0 bridgehead atoms. The van der Waals surface area contributed by atoms with Gasteiger partial charge in [0.15, 0.2) is 0 Å². The molecule has 0 saturated heterocycles. The molecule has 11 heteroatoms. The molecule has 156 valence electrons. The smallest absolute Gasteiger partial charge is 0.416 e. The lowest BCUT2D eigenvalue weighted by atomic mass is 10.1. The molecule has 3 N–H and O–H groups in total. The minimum Gasteiger partial charge on any atom is -0.487 e. The van der Waals surface area contributed by atoms with Crippen molar-refractivity contribution in [3.8, 4) is 5.75 Å². The zero-order valence-electron chi connectivity index (χ0n) is 14.9. The van der Waals surface area contributed by atoms with E-state index in [1.165, 1.54) is 25.2 Å². The van der Waals surface area contributed by atoms with Crippen LogP contribution in [-0.4, -0.2) is 24.0 Å². The predicted octanol–water partition coefficient (Wildman–Crippen LogP) is 5.26. The quantitative estimate of drug-likeness (QED) is 0.417. The van der Waals surface area contributed by atoms with Gasteiger partial charge in [-0.25, -0.2) is 0 Å². The van der Waals surface area contributed by atoms with Gasteiger partial charge in [-0.1, -0.05) is 0 Å². The topological polar surface area (TPSA) is 87.7 Å². The van der Waals surface area contributed by atoms with E-state index < -0.39 is 30.0 Å². The minimum absolute atomic E-state index is 0.138. The highest BCUT2D eigenvalue weighted by Crippen LogP contribution is 2.38. The lowest BCUT2D eigenvalue weighted by molar-refractivity contribution is -0.140. The number of carboxylic acid groups (broad SMARTS) is 1. The van der Waals surface area contributed by atoms with Gasteiger partial charge in [0.2, 0.25) is 5.91 Å². The number of carbonyl (C=O) groups is 2. The number of halogens is 5. The number of ether oxygens (including phenoxy) is 1. The van der Waals surface area contributed by atoms with Crippen molar-refractivity contribution in [2.75, 3.05) is 17.7 Å². The van der Waals surface area contributed by atoms with Crippen LogP contribution in [0.2, 0.25) is 0 Å². The summed E-state index contributed by atoms with van der Waals surface area (Å²) < 4.78 is 45.6. The lowest BCUT2D eigenvalue weighted by Crippen LogP contribution is -2.16. The number of hydrogen-bond donors (Lipinski definition) is 3. The van der Waals surface area contributed by atoms with Gasteiger partial charge in [-0.05, 0) is 67.8 Å². The molecule has 2 aromatic rings. The van der Waals surface area contributed by atoms with Gasteiger partial charge in [-0.15, -0.1) is 0 Å². The Morgan fingerprint density at radius 3 is 2.21 bits per heavy atom. The lowest BCUT2D eigenvalue weighted by Gasteiger charge is -2.15. The minimum atomic E-state index is -4.49. The highest BCUT2D eigenvalue weighted by molar-refractivity contribution is 9.11. The van der Waals surface area contributed by atoms with Crippen molar-refractivity contribution in [3.63, 3.8) is 0 Å². The fourth-order valence-corrected chi connectivity index (χ4v) is 3.77. The monoisotopic (exact) mass is 538 g/mol. The largest absolute Gasteiger partial charge is 0.487 e. The maximum absolute atomic E-state index is 13.0. The van der Waals surface area contributed by atoms with Crippen LogP contribution >= 0.6 is 31.9 Å². The average molecular weight is 540 g/mol. The van der Waals surface area contributed by atoms with Gasteiger partial charge in [0.1, 0.15) is 18.8 Å². The second-order valence-corrected chi connectivity index (χ2v) is 7.55. The van der Waals surface area contributed by atoms with Gasteiger partial charge >= 0.3 is 12.1 Å². The summed E-state index contributed by atoms with van der Waals surface area (Å²) in [6, 6.07) is 6.53. The molecule has 0 fully saturated rings. The van der Waals surface area contributed by atoms with Crippen molar-refractivity contribution in [2.45, 2.75) is 19.2 Å². The molecule has 0 aliphatic rings. The SMILES string of the molecule is CNc1cc(COc2c(Br)cc(NC(=O)CC(=O)O)cc2Br)cc(C(F)(F)F)c1. The molecule has 0 aliphatic heterocycles. The van der Waals surface area contributed by atoms with Gasteiger partial charge in [-0.3, -0.25) is 9.59 Å².